The Bertz CT molecular complexity index is 279. The van der Waals surface area contributed by atoms with Crippen molar-refractivity contribution >= 4 is 5.97 Å². The standard InChI is InChI=1S/C15H25NO2/c1-3-4-5-6-7-8-9-10-11-12-18-15(17)14(2)13-16/h2-12H2,1H3. The molecule has 0 aromatic carbocycles. The molecule has 0 heterocycles. The van der Waals surface area contributed by atoms with E-state index < -0.39 is 5.97 Å². The molecule has 0 unspecified atom stereocenters. The second-order valence-electron chi connectivity index (χ2n) is 4.55. The normalized spacial score (nSPS) is 9.78. The van der Waals surface area contributed by atoms with Crippen molar-refractivity contribution in [3.8, 4) is 6.07 Å². The molecule has 102 valence electrons. The van der Waals surface area contributed by atoms with E-state index in [4.69, 9.17) is 10.00 Å². The van der Waals surface area contributed by atoms with Gasteiger partial charge in [0.15, 0.2) is 0 Å². The molecule has 0 aliphatic rings. The van der Waals surface area contributed by atoms with Crippen LogP contribution in [0, 0.1) is 11.3 Å². The van der Waals surface area contributed by atoms with Crippen molar-refractivity contribution in [3.05, 3.63) is 12.2 Å². The van der Waals surface area contributed by atoms with Gasteiger partial charge in [-0.1, -0.05) is 64.9 Å². The summed E-state index contributed by atoms with van der Waals surface area (Å²) >= 11 is 0. The Morgan fingerprint density at radius 3 is 2.06 bits per heavy atom. The quantitative estimate of drug-likeness (QED) is 0.240. The Kier molecular flexibility index (Phi) is 11.3. The molecule has 0 aliphatic heterocycles. The molecule has 0 aromatic rings. The van der Waals surface area contributed by atoms with Crippen LogP contribution in [0.25, 0.3) is 0 Å². The number of nitrogens with zero attached hydrogens (tertiary/aromatic N) is 1. The molecule has 3 heteroatoms. The molecule has 0 spiro atoms. The maximum absolute atomic E-state index is 11.1. The van der Waals surface area contributed by atoms with Crippen LogP contribution >= 0.6 is 0 Å². The van der Waals surface area contributed by atoms with E-state index in [0.717, 1.165) is 12.8 Å². The Morgan fingerprint density at radius 2 is 1.56 bits per heavy atom. The summed E-state index contributed by atoms with van der Waals surface area (Å²) in [5, 5.41) is 8.42. The zero-order chi connectivity index (χ0) is 13.6. The van der Waals surface area contributed by atoms with Crippen molar-refractivity contribution in [1.82, 2.24) is 0 Å². The van der Waals surface area contributed by atoms with Crippen LogP contribution < -0.4 is 0 Å². The zero-order valence-electron chi connectivity index (χ0n) is 11.5. The minimum Gasteiger partial charge on any atom is -0.462 e. The number of carbonyl (C=O) groups is 1. The molecule has 3 nitrogen and oxygen atoms in total. The van der Waals surface area contributed by atoms with Gasteiger partial charge in [0, 0.05) is 0 Å². The van der Waals surface area contributed by atoms with Crippen LogP contribution in [0.1, 0.15) is 64.7 Å². The van der Waals surface area contributed by atoms with Gasteiger partial charge in [-0.15, -0.1) is 0 Å². The monoisotopic (exact) mass is 251 g/mol. The van der Waals surface area contributed by atoms with Gasteiger partial charge >= 0.3 is 5.97 Å². The number of carbonyl (C=O) groups excluding carboxylic acids is 1. The fraction of sp³-hybridized carbons (Fsp3) is 0.733. The van der Waals surface area contributed by atoms with Gasteiger partial charge in [0.25, 0.3) is 0 Å². The van der Waals surface area contributed by atoms with Gasteiger partial charge in [0.05, 0.1) is 6.61 Å². The fourth-order valence-electron chi connectivity index (χ4n) is 1.71. The van der Waals surface area contributed by atoms with Crippen molar-refractivity contribution in [1.29, 1.82) is 5.26 Å². The van der Waals surface area contributed by atoms with E-state index in [9.17, 15) is 4.79 Å². The van der Waals surface area contributed by atoms with E-state index >= 15 is 0 Å². The molecule has 0 fully saturated rings. The van der Waals surface area contributed by atoms with E-state index in [0.29, 0.717) is 6.61 Å². The Labute approximate surface area is 111 Å². The lowest BCUT2D eigenvalue weighted by Gasteiger charge is -2.03. The summed E-state index contributed by atoms with van der Waals surface area (Å²) in [4.78, 5) is 11.1. The molecule has 0 saturated heterocycles. The predicted molar refractivity (Wildman–Crippen MR) is 72.9 cm³/mol. The molecule has 0 atom stereocenters. The van der Waals surface area contributed by atoms with Crippen molar-refractivity contribution in [2.24, 2.45) is 0 Å². The maximum atomic E-state index is 11.1. The first kappa shape index (κ1) is 16.7. The number of esters is 1. The summed E-state index contributed by atoms with van der Waals surface area (Å²) in [5.41, 5.74) is -0.120. The molecule has 0 bridgehead atoms. The van der Waals surface area contributed by atoms with Gasteiger partial charge in [-0.25, -0.2) is 4.79 Å². The van der Waals surface area contributed by atoms with Gasteiger partial charge < -0.3 is 4.74 Å². The molecule has 0 aliphatic carbocycles. The summed E-state index contributed by atoms with van der Waals surface area (Å²) in [5.74, 6) is -0.586. The highest BCUT2D eigenvalue weighted by Crippen LogP contribution is 2.09. The smallest absolute Gasteiger partial charge is 0.348 e. The lowest BCUT2D eigenvalue weighted by molar-refractivity contribution is -0.138. The third kappa shape index (κ3) is 9.89. The lowest BCUT2D eigenvalue weighted by Crippen LogP contribution is -2.06. The number of rotatable bonds is 11. The summed E-state index contributed by atoms with van der Waals surface area (Å²) in [6.45, 7) is 5.92. The number of hydrogen-bond acceptors (Lipinski definition) is 3. The Morgan fingerprint density at radius 1 is 1.06 bits per heavy atom. The average Bonchev–Trinajstić information content (AvgIpc) is 2.39. The van der Waals surface area contributed by atoms with Crippen LogP contribution in [-0.2, 0) is 9.53 Å². The largest absolute Gasteiger partial charge is 0.462 e. The van der Waals surface area contributed by atoms with Crippen LogP contribution in [0.3, 0.4) is 0 Å². The highest BCUT2D eigenvalue weighted by molar-refractivity contribution is 5.91. The minimum atomic E-state index is -0.586. The van der Waals surface area contributed by atoms with Gasteiger partial charge in [-0.3, -0.25) is 0 Å². The highest BCUT2D eigenvalue weighted by Gasteiger charge is 2.06. The summed E-state index contributed by atoms with van der Waals surface area (Å²) in [6, 6.07) is 1.68. The van der Waals surface area contributed by atoms with Crippen molar-refractivity contribution < 1.29 is 9.53 Å². The van der Waals surface area contributed by atoms with E-state index in [2.05, 4.69) is 13.5 Å². The lowest BCUT2D eigenvalue weighted by atomic mass is 10.1. The summed E-state index contributed by atoms with van der Waals surface area (Å²) in [7, 11) is 0. The molecule has 0 saturated carbocycles. The Balaban J connectivity index is 3.19. The molecular weight excluding hydrogens is 226 g/mol. The second-order valence-corrected chi connectivity index (χ2v) is 4.55. The van der Waals surface area contributed by atoms with Crippen molar-refractivity contribution in [3.63, 3.8) is 0 Å². The van der Waals surface area contributed by atoms with Gasteiger partial charge in [0.2, 0.25) is 0 Å². The SMILES string of the molecule is C=C(C#N)C(=O)OCCCCCCCCCCC. The predicted octanol–water partition coefficient (Wildman–Crippen LogP) is 4.14. The molecular formula is C15H25NO2. The second kappa shape index (κ2) is 12.2. The van der Waals surface area contributed by atoms with Gasteiger partial charge in [0.1, 0.15) is 11.6 Å². The molecule has 0 rings (SSSR count). The van der Waals surface area contributed by atoms with Crippen LogP contribution in [-0.4, -0.2) is 12.6 Å². The van der Waals surface area contributed by atoms with Crippen LogP contribution in [0.5, 0.6) is 0 Å². The topological polar surface area (TPSA) is 50.1 Å². The third-order valence-corrected chi connectivity index (χ3v) is 2.86. The van der Waals surface area contributed by atoms with Gasteiger partial charge in [-0.05, 0) is 6.42 Å². The molecule has 0 amide bonds. The van der Waals surface area contributed by atoms with Gasteiger partial charge in [-0.2, -0.15) is 5.26 Å². The maximum Gasteiger partial charge on any atom is 0.348 e. The molecule has 0 radical (unpaired) electrons. The first-order valence-electron chi connectivity index (χ1n) is 6.98. The van der Waals surface area contributed by atoms with E-state index in [1.54, 1.807) is 6.07 Å². The summed E-state index contributed by atoms with van der Waals surface area (Å²) in [6.07, 6.45) is 11.1. The fourth-order valence-corrected chi connectivity index (χ4v) is 1.71. The van der Waals surface area contributed by atoms with E-state index in [1.807, 2.05) is 0 Å². The van der Waals surface area contributed by atoms with Crippen molar-refractivity contribution in [2.45, 2.75) is 64.7 Å². The number of nitriles is 1. The molecule has 0 N–H and O–H groups in total. The highest BCUT2D eigenvalue weighted by atomic mass is 16.5. The molecule has 0 aromatic heterocycles. The number of ether oxygens (including phenoxy) is 1. The number of hydrogen-bond donors (Lipinski definition) is 0. The Hall–Kier alpha value is -1.30. The van der Waals surface area contributed by atoms with Crippen molar-refractivity contribution in [2.75, 3.05) is 6.61 Å². The molecule has 18 heavy (non-hydrogen) atoms. The average molecular weight is 251 g/mol. The third-order valence-electron chi connectivity index (χ3n) is 2.86. The van der Waals surface area contributed by atoms with Crippen LogP contribution in [0.2, 0.25) is 0 Å². The van der Waals surface area contributed by atoms with E-state index in [-0.39, 0.29) is 5.57 Å². The first-order chi connectivity index (χ1) is 8.72. The van der Waals surface area contributed by atoms with Crippen LogP contribution in [0.4, 0.5) is 0 Å². The minimum absolute atomic E-state index is 0.120. The van der Waals surface area contributed by atoms with Crippen LogP contribution in [0.15, 0.2) is 12.2 Å². The summed E-state index contributed by atoms with van der Waals surface area (Å²) < 4.78 is 4.89. The zero-order valence-corrected chi connectivity index (χ0v) is 11.5. The number of unbranched alkanes of at least 4 members (excludes halogenated alkanes) is 8. The first-order valence-corrected chi connectivity index (χ1v) is 6.98. The van der Waals surface area contributed by atoms with E-state index in [1.165, 1.54) is 44.9 Å².